The Hall–Kier alpha value is -1.34. The lowest BCUT2D eigenvalue weighted by Crippen LogP contribution is -2.57. The van der Waals surface area contributed by atoms with Crippen LogP contribution in [-0.4, -0.2) is 72.3 Å². The molecule has 154 valence electrons. The van der Waals surface area contributed by atoms with E-state index in [2.05, 4.69) is 4.90 Å². The predicted octanol–water partition coefficient (Wildman–Crippen LogP) is 1.72. The Balaban J connectivity index is 0.00000338. The molecule has 1 saturated heterocycles. The van der Waals surface area contributed by atoms with Crippen molar-refractivity contribution in [2.45, 2.75) is 26.3 Å². The molecular weight excluding hydrogens is 387 g/mol. The number of carbonyl (C=O) groups excluding carboxylic acids is 2. The van der Waals surface area contributed by atoms with Crippen molar-refractivity contribution in [3.63, 3.8) is 0 Å². The monoisotopic (exact) mass is 418 g/mol. The molecule has 0 aliphatic carbocycles. The molecule has 1 atom stereocenters. The SMILES string of the molecule is CCN(CC)C(=O)CN1CCN(C(=O)C(C)(N)c2ccccc2)CC1.Cl.Cl. The van der Waals surface area contributed by atoms with Crippen molar-refractivity contribution in [3.05, 3.63) is 35.9 Å². The van der Waals surface area contributed by atoms with Crippen molar-refractivity contribution in [3.8, 4) is 0 Å². The first kappa shape index (κ1) is 25.7. The normalized spacial score (nSPS) is 16.5. The molecule has 1 aromatic rings. The molecule has 0 aromatic heterocycles. The number of benzene rings is 1. The number of piperazine rings is 1. The molecule has 0 spiro atoms. The van der Waals surface area contributed by atoms with Crippen molar-refractivity contribution in [2.75, 3.05) is 45.8 Å². The van der Waals surface area contributed by atoms with E-state index in [0.29, 0.717) is 32.7 Å². The molecule has 0 radical (unpaired) electrons. The zero-order valence-electron chi connectivity index (χ0n) is 16.4. The van der Waals surface area contributed by atoms with Crippen molar-refractivity contribution in [1.82, 2.24) is 14.7 Å². The van der Waals surface area contributed by atoms with Gasteiger partial charge in [-0.2, -0.15) is 0 Å². The third-order valence-electron chi connectivity index (χ3n) is 4.95. The molecule has 1 heterocycles. The maximum atomic E-state index is 12.9. The summed E-state index contributed by atoms with van der Waals surface area (Å²) in [6.45, 7) is 10.2. The van der Waals surface area contributed by atoms with E-state index >= 15 is 0 Å². The van der Waals surface area contributed by atoms with Gasteiger partial charge in [-0.05, 0) is 26.3 Å². The van der Waals surface area contributed by atoms with Gasteiger partial charge in [-0.25, -0.2) is 0 Å². The molecule has 1 aliphatic heterocycles. The summed E-state index contributed by atoms with van der Waals surface area (Å²) in [6.07, 6.45) is 0. The maximum absolute atomic E-state index is 12.9. The highest BCUT2D eigenvalue weighted by Gasteiger charge is 2.35. The van der Waals surface area contributed by atoms with Crippen LogP contribution >= 0.6 is 24.8 Å². The summed E-state index contributed by atoms with van der Waals surface area (Å²) in [7, 11) is 0. The van der Waals surface area contributed by atoms with E-state index in [-0.39, 0.29) is 36.6 Å². The van der Waals surface area contributed by atoms with Crippen LogP contribution in [0.3, 0.4) is 0 Å². The fraction of sp³-hybridized carbons (Fsp3) is 0.579. The van der Waals surface area contributed by atoms with Gasteiger partial charge in [0.25, 0.3) is 0 Å². The number of nitrogens with two attached hydrogens (primary N) is 1. The third kappa shape index (κ3) is 6.35. The molecule has 1 fully saturated rings. The predicted molar refractivity (Wildman–Crippen MR) is 113 cm³/mol. The van der Waals surface area contributed by atoms with E-state index in [4.69, 9.17) is 5.73 Å². The van der Waals surface area contributed by atoms with E-state index in [1.807, 2.05) is 54.0 Å². The maximum Gasteiger partial charge on any atom is 0.247 e. The molecule has 2 rings (SSSR count). The Morgan fingerprint density at radius 3 is 2.04 bits per heavy atom. The summed E-state index contributed by atoms with van der Waals surface area (Å²) in [5, 5.41) is 0. The standard InChI is InChI=1S/C19H30N4O2.2ClH/c1-4-22(5-2)17(24)15-21-11-13-23(14-12-21)18(25)19(3,20)16-9-7-6-8-10-16;;/h6-10H,4-5,11-15,20H2,1-3H3;2*1H. The average Bonchev–Trinajstić information content (AvgIpc) is 2.63. The van der Waals surface area contributed by atoms with Crippen LogP contribution in [0.4, 0.5) is 0 Å². The minimum absolute atomic E-state index is 0. The van der Waals surface area contributed by atoms with Gasteiger partial charge in [0.15, 0.2) is 0 Å². The molecule has 27 heavy (non-hydrogen) atoms. The zero-order valence-corrected chi connectivity index (χ0v) is 18.0. The first-order valence-corrected chi connectivity index (χ1v) is 9.04. The van der Waals surface area contributed by atoms with E-state index in [1.54, 1.807) is 6.92 Å². The lowest BCUT2D eigenvalue weighted by atomic mass is 9.91. The van der Waals surface area contributed by atoms with Crippen LogP contribution in [0.1, 0.15) is 26.3 Å². The third-order valence-corrected chi connectivity index (χ3v) is 4.95. The van der Waals surface area contributed by atoms with Crippen LogP contribution in [0.25, 0.3) is 0 Å². The van der Waals surface area contributed by atoms with Gasteiger partial charge < -0.3 is 15.5 Å². The Morgan fingerprint density at radius 1 is 1.04 bits per heavy atom. The number of hydrogen-bond donors (Lipinski definition) is 1. The second-order valence-electron chi connectivity index (χ2n) is 6.70. The molecule has 8 heteroatoms. The quantitative estimate of drug-likeness (QED) is 0.763. The van der Waals surface area contributed by atoms with Crippen molar-refractivity contribution in [2.24, 2.45) is 5.73 Å². The molecule has 0 bridgehead atoms. The highest BCUT2D eigenvalue weighted by Crippen LogP contribution is 2.21. The Morgan fingerprint density at radius 2 is 1.56 bits per heavy atom. The Kier molecular flexibility index (Phi) is 10.9. The Labute approximate surface area is 174 Å². The van der Waals surface area contributed by atoms with E-state index in [9.17, 15) is 9.59 Å². The fourth-order valence-corrected chi connectivity index (χ4v) is 3.21. The van der Waals surface area contributed by atoms with Crippen molar-refractivity contribution >= 4 is 36.6 Å². The summed E-state index contributed by atoms with van der Waals surface area (Å²) in [5.41, 5.74) is 6.13. The lowest BCUT2D eigenvalue weighted by Gasteiger charge is -2.38. The van der Waals surface area contributed by atoms with Gasteiger partial charge in [-0.1, -0.05) is 30.3 Å². The van der Waals surface area contributed by atoms with Gasteiger partial charge in [0.05, 0.1) is 6.54 Å². The summed E-state index contributed by atoms with van der Waals surface area (Å²) < 4.78 is 0. The minimum atomic E-state index is -1.03. The largest absolute Gasteiger partial charge is 0.342 e. The summed E-state index contributed by atoms with van der Waals surface area (Å²) in [4.78, 5) is 30.8. The van der Waals surface area contributed by atoms with Gasteiger partial charge in [0.2, 0.25) is 11.8 Å². The number of rotatable bonds is 6. The highest BCUT2D eigenvalue weighted by atomic mass is 35.5. The van der Waals surface area contributed by atoms with Gasteiger partial charge >= 0.3 is 0 Å². The smallest absolute Gasteiger partial charge is 0.247 e. The van der Waals surface area contributed by atoms with Crippen LogP contribution in [-0.2, 0) is 15.1 Å². The summed E-state index contributed by atoms with van der Waals surface area (Å²) >= 11 is 0. The first-order valence-electron chi connectivity index (χ1n) is 9.04. The fourth-order valence-electron chi connectivity index (χ4n) is 3.21. The number of likely N-dealkylation sites (N-methyl/N-ethyl adjacent to an activating group) is 1. The second kappa shape index (κ2) is 11.5. The van der Waals surface area contributed by atoms with E-state index in [1.165, 1.54) is 0 Å². The number of hydrogen-bond acceptors (Lipinski definition) is 4. The van der Waals surface area contributed by atoms with E-state index in [0.717, 1.165) is 18.7 Å². The number of carbonyl (C=O) groups is 2. The van der Waals surface area contributed by atoms with Crippen LogP contribution in [0.2, 0.25) is 0 Å². The molecular formula is C19H32Cl2N4O2. The van der Waals surface area contributed by atoms with Gasteiger partial charge in [0, 0.05) is 39.3 Å². The second-order valence-corrected chi connectivity index (χ2v) is 6.70. The van der Waals surface area contributed by atoms with Crippen LogP contribution in [0, 0.1) is 0 Å². The topological polar surface area (TPSA) is 69.9 Å². The number of nitrogens with zero attached hydrogens (tertiary/aromatic N) is 3. The molecule has 1 aromatic carbocycles. The van der Waals surface area contributed by atoms with Crippen molar-refractivity contribution < 1.29 is 9.59 Å². The molecule has 2 amide bonds. The summed E-state index contributed by atoms with van der Waals surface area (Å²) in [5.74, 6) is 0.0890. The van der Waals surface area contributed by atoms with Crippen molar-refractivity contribution in [1.29, 1.82) is 0 Å². The zero-order chi connectivity index (χ0) is 18.4. The average molecular weight is 419 g/mol. The molecule has 1 unspecified atom stereocenters. The molecule has 0 saturated carbocycles. The molecule has 1 aliphatic rings. The number of halogens is 2. The van der Waals surface area contributed by atoms with Crippen LogP contribution in [0.5, 0.6) is 0 Å². The van der Waals surface area contributed by atoms with Gasteiger partial charge in [-0.15, -0.1) is 24.8 Å². The highest BCUT2D eigenvalue weighted by molar-refractivity contribution is 5.87. The van der Waals surface area contributed by atoms with Crippen LogP contribution < -0.4 is 5.73 Å². The van der Waals surface area contributed by atoms with E-state index < -0.39 is 5.54 Å². The minimum Gasteiger partial charge on any atom is -0.342 e. The van der Waals surface area contributed by atoms with Gasteiger partial charge in [0.1, 0.15) is 5.54 Å². The molecule has 2 N–H and O–H groups in total. The number of amides is 2. The van der Waals surface area contributed by atoms with Crippen LogP contribution in [0.15, 0.2) is 30.3 Å². The lowest BCUT2D eigenvalue weighted by molar-refractivity contribution is -0.139. The Bertz CT molecular complexity index is 587. The summed E-state index contributed by atoms with van der Waals surface area (Å²) in [6, 6.07) is 9.47. The molecule has 6 nitrogen and oxygen atoms in total. The van der Waals surface area contributed by atoms with Gasteiger partial charge in [-0.3, -0.25) is 14.5 Å². The first-order chi connectivity index (χ1) is 11.9.